The smallest absolute Gasteiger partial charge is 0.269 e. The summed E-state index contributed by atoms with van der Waals surface area (Å²) in [4.78, 5) is 63.3. The first-order valence-corrected chi connectivity index (χ1v) is 25.9. The summed E-state index contributed by atoms with van der Waals surface area (Å²) in [6.45, 7) is -0.245. The molecule has 406 valence electrons. The Morgan fingerprint density at radius 3 is 1.63 bits per heavy atom. The van der Waals surface area contributed by atoms with E-state index in [0.29, 0.717) is 59.4 Å². The lowest BCUT2D eigenvalue weighted by Gasteiger charge is -2.10. The van der Waals surface area contributed by atoms with Gasteiger partial charge in [-0.05, 0) is 108 Å². The molecule has 0 fully saturated rings. The Hall–Kier alpha value is -10.6. The SMILES string of the molecule is O=C(NCc1cc(-c2c[nH]c3ncccc23)c[n+]([O-])c1)c1cccn(Cc2ccc(F)c(F)c2)c1=O.O=C(NCc1cc(-c2cn(S(=O)(=O)c3ccccc3)c3ncccc23)c[n+]([O-])c1)c1cccn(Cc2ccc(F)c(F)c2)c1=O. The highest BCUT2D eigenvalue weighted by Gasteiger charge is 2.24. The van der Waals surface area contributed by atoms with Gasteiger partial charge in [-0.1, -0.05) is 30.3 Å². The maximum absolute atomic E-state index is 13.6. The summed E-state index contributed by atoms with van der Waals surface area (Å²) < 4.78 is 85.3. The Bertz CT molecular complexity index is 4470. The van der Waals surface area contributed by atoms with Gasteiger partial charge >= 0.3 is 0 Å². The molecule has 11 aromatic rings. The van der Waals surface area contributed by atoms with Gasteiger partial charge in [-0.25, -0.2) is 39.9 Å². The second-order valence-electron chi connectivity index (χ2n) is 18.3. The van der Waals surface area contributed by atoms with Crippen LogP contribution in [0.25, 0.3) is 44.3 Å². The van der Waals surface area contributed by atoms with Crippen molar-refractivity contribution in [2.45, 2.75) is 31.1 Å². The molecule has 18 nitrogen and oxygen atoms in total. The molecule has 8 heterocycles. The number of hydrogen-bond donors (Lipinski definition) is 3. The molecule has 0 aliphatic heterocycles. The van der Waals surface area contributed by atoms with Crippen LogP contribution >= 0.6 is 0 Å². The maximum atomic E-state index is 13.6. The van der Waals surface area contributed by atoms with Crippen LogP contribution in [0.5, 0.6) is 0 Å². The van der Waals surface area contributed by atoms with E-state index in [1.165, 1.54) is 107 Å². The fourth-order valence-corrected chi connectivity index (χ4v) is 10.3. The molecule has 0 radical (unpaired) electrons. The lowest BCUT2D eigenvalue weighted by Crippen LogP contribution is -2.33. The quantitative estimate of drug-likeness (QED) is 0.0559. The zero-order chi connectivity index (χ0) is 57.0. The number of carbonyl (C=O) groups excluding carboxylic acids is 2. The van der Waals surface area contributed by atoms with E-state index in [0.717, 1.165) is 39.2 Å². The van der Waals surface area contributed by atoms with Gasteiger partial charge in [-0.2, -0.15) is 9.46 Å². The fourth-order valence-electron chi connectivity index (χ4n) is 8.95. The van der Waals surface area contributed by atoms with E-state index >= 15 is 0 Å². The Kier molecular flexibility index (Phi) is 15.2. The maximum Gasteiger partial charge on any atom is 0.269 e. The molecule has 23 heteroatoms. The number of amides is 2. The number of halogens is 4. The van der Waals surface area contributed by atoms with Crippen LogP contribution in [0.4, 0.5) is 17.6 Å². The van der Waals surface area contributed by atoms with Gasteiger partial charge in [0.15, 0.2) is 53.7 Å². The Morgan fingerprint density at radius 1 is 0.568 bits per heavy atom. The highest BCUT2D eigenvalue weighted by atomic mass is 32.2. The van der Waals surface area contributed by atoms with Crippen molar-refractivity contribution in [3.63, 3.8) is 0 Å². The second kappa shape index (κ2) is 22.8. The minimum atomic E-state index is -4.01. The summed E-state index contributed by atoms with van der Waals surface area (Å²) in [6.07, 6.45) is 14.5. The summed E-state index contributed by atoms with van der Waals surface area (Å²) in [6, 6.07) is 30.7. The van der Waals surface area contributed by atoms with Crippen LogP contribution in [-0.4, -0.2) is 48.3 Å². The molecule has 8 aromatic heterocycles. The monoisotopic (exact) mass is 1110 g/mol. The van der Waals surface area contributed by atoms with Gasteiger partial charge in [0.25, 0.3) is 33.0 Å². The summed E-state index contributed by atoms with van der Waals surface area (Å²) in [5.41, 5.74) is 3.19. The molecule has 0 spiro atoms. The number of fused-ring (bicyclic) bond motifs is 2. The molecule has 3 aromatic carbocycles. The summed E-state index contributed by atoms with van der Waals surface area (Å²) in [5.74, 6) is -5.40. The van der Waals surface area contributed by atoms with E-state index in [1.807, 2.05) is 6.07 Å². The molecule has 0 bridgehead atoms. The summed E-state index contributed by atoms with van der Waals surface area (Å²) in [5, 5.41) is 31.5. The van der Waals surface area contributed by atoms with E-state index in [1.54, 1.807) is 60.9 Å². The number of benzene rings is 3. The molecular formula is C58H42F4N10O8S. The molecule has 2 amide bonds. The average molecular weight is 1120 g/mol. The minimum absolute atomic E-state index is 0.00697. The zero-order valence-electron chi connectivity index (χ0n) is 42.0. The normalized spacial score (nSPS) is 11.3. The van der Waals surface area contributed by atoms with Crippen LogP contribution in [0.15, 0.2) is 204 Å². The van der Waals surface area contributed by atoms with Crippen molar-refractivity contribution in [2.75, 3.05) is 0 Å². The van der Waals surface area contributed by atoms with E-state index in [4.69, 9.17) is 0 Å². The van der Waals surface area contributed by atoms with Gasteiger partial charge in [0.05, 0.1) is 18.0 Å². The number of nitrogens with one attached hydrogen (secondary N) is 3. The predicted molar refractivity (Wildman–Crippen MR) is 288 cm³/mol. The van der Waals surface area contributed by atoms with Crippen molar-refractivity contribution in [3.8, 4) is 22.3 Å². The number of aromatic nitrogens is 8. The first-order valence-electron chi connectivity index (χ1n) is 24.5. The number of nitrogens with zero attached hydrogens (tertiary/aromatic N) is 7. The van der Waals surface area contributed by atoms with Crippen LogP contribution < -0.4 is 31.2 Å². The Balaban J connectivity index is 0.000000186. The highest BCUT2D eigenvalue weighted by Crippen LogP contribution is 2.32. The molecular weight excluding hydrogens is 1070 g/mol. The molecule has 0 aliphatic carbocycles. The molecule has 0 atom stereocenters. The average Bonchev–Trinajstić information content (AvgIpc) is 4.30. The number of carbonyl (C=O) groups is 2. The first kappa shape index (κ1) is 53.8. The molecule has 11 rings (SSSR count). The van der Waals surface area contributed by atoms with Gasteiger partial charge in [0, 0.05) is 94.4 Å². The zero-order valence-corrected chi connectivity index (χ0v) is 42.9. The van der Waals surface area contributed by atoms with E-state index in [2.05, 4.69) is 25.6 Å². The first-order chi connectivity index (χ1) is 39.0. The van der Waals surface area contributed by atoms with Crippen molar-refractivity contribution in [1.82, 2.24) is 38.7 Å². The van der Waals surface area contributed by atoms with E-state index in [-0.39, 0.29) is 47.8 Å². The van der Waals surface area contributed by atoms with Crippen LogP contribution in [0.2, 0.25) is 0 Å². The van der Waals surface area contributed by atoms with Gasteiger partial charge in [-0.3, -0.25) is 19.2 Å². The van der Waals surface area contributed by atoms with Crippen LogP contribution in [0, 0.1) is 33.7 Å². The van der Waals surface area contributed by atoms with Crippen molar-refractivity contribution in [3.05, 3.63) is 277 Å². The third kappa shape index (κ3) is 11.7. The standard InChI is InChI=1S/C32H23F2N5O5S.C26H19F2N5O3/c33-28-11-10-21(15-29(28)34)17-37-13-5-9-26(32(37)41)31(40)36-16-22-14-23(19-38(42)18-22)27-20-39(30-25(27)8-4-12-35-30)45(43,44)24-6-2-1-3-7-24;27-22-6-5-16(10-23(22)28)13-32-8-2-4-20(26(32)35)25(34)31-11-17-9-18(15-33(36)14-17)21-12-30-24-19(21)3-1-7-29-24/h1-15,18-20H,16-17H2,(H,36,40);1-10,12,14-15H,11,13H2,(H,29,30)(H,31,34). The third-order valence-corrected chi connectivity index (χ3v) is 14.5. The van der Waals surface area contributed by atoms with Crippen molar-refractivity contribution in [2.24, 2.45) is 0 Å². The van der Waals surface area contributed by atoms with Crippen molar-refractivity contribution >= 4 is 43.9 Å². The molecule has 0 saturated heterocycles. The highest BCUT2D eigenvalue weighted by molar-refractivity contribution is 7.90. The number of rotatable bonds is 14. The van der Waals surface area contributed by atoms with Crippen LogP contribution in [-0.2, 0) is 36.2 Å². The second-order valence-corrected chi connectivity index (χ2v) is 20.1. The molecule has 81 heavy (non-hydrogen) atoms. The Labute approximate surface area is 456 Å². The van der Waals surface area contributed by atoms with Crippen molar-refractivity contribution < 1.29 is 45.0 Å². The predicted octanol–water partition coefficient (Wildman–Crippen LogP) is 7.27. The van der Waals surface area contributed by atoms with Gasteiger partial charge in [0.1, 0.15) is 16.8 Å². The van der Waals surface area contributed by atoms with Crippen LogP contribution in [0.1, 0.15) is 43.0 Å². The van der Waals surface area contributed by atoms with Gasteiger partial charge in [-0.15, -0.1) is 0 Å². The number of hydrogen-bond acceptors (Lipinski definition) is 10. The summed E-state index contributed by atoms with van der Waals surface area (Å²) >= 11 is 0. The minimum Gasteiger partial charge on any atom is -0.619 e. The molecule has 3 N–H and O–H groups in total. The topological polar surface area (TPSA) is 237 Å². The largest absolute Gasteiger partial charge is 0.619 e. The van der Waals surface area contributed by atoms with Crippen molar-refractivity contribution in [1.29, 1.82) is 0 Å². The van der Waals surface area contributed by atoms with Gasteiger partial charge in [0.2, 0.25) is 0 Å². The van der Waals surface area contributed by atoms with E-state index in [9.17, 15) is 55.6 Å². The van der Waals surface area contributed by atoms with E-state index < -0.39 is 56.2 Å². The lowest BCUT2D eigenvalue weighted by molar-refractivity contribution is -0.605. The number of aromatic amines is 1. The van der Waals surface area contributed by atoms with Crippen LogP contribution in [0.3, 0.4) is 0 Å². The fraction of sp³-hybridized carbons (Fsp3) is 0.0690. The summed E-state index contributed by atoms with van der Waals surface area (Å²) in [7, 11) is -4.01. The molecule has 0 aliphatic rings. The Morgan fingerprint density at radius 2 is 1.09 bits per heavy atom. The lowest BCUT2D eigenvalue weighted by atomic mass is 10.1. The third-order valence-electron chi connectivity index (χ3n) is 12.8. The number of pyridine rings is 6. The van der Waals surface area contributed by atoms with Gasteiger partial charge < -0.3 is 35.2 Å². The molecule has 0 unspecified atom stereocenters. The number of H-pyrrole nitrogens is 1. The molecule has 0 saturated carbocycles.